The van der Waals surface area contributed by atoms with Crippen LogP contribution in [0.15, 0.2) is 10.9 Å². The smallest absolute Gasteiger partial charge is 0.211 e. The van der Waals surface area contributed by atoms with E-state index in [2.05, 4.69) is 15.0 Å². The highest BCUT2D eigenvalue weighted by atomic mass is 32.2. The van der Waals surface area contributed by atoms with Gasteiger partial charge in [0.25, 0.3) is 0 Å². The van der Waals surface area contributed by atoms with E-state index in [0.717, 1.165) is 5.69 Å². The van der Waals surface area contributed by atoms with Crippen LogP contribution in [0.4, 0.5) is 0 Å². The molecule has 0 saturated heterocycles. The third-order valence-electron chi connectivity index (χ3n) is 2.17. The standard InChI is InChI=1S/C9H17N3O2S2/c1-3-16(13,14)12-5-4-10-8(2)9-6-15-7-11-9/h6-8,10,12H,3-5H2,1-2H3. The van der Waals surface area contributed by atoms with Crippen molar-refractivity contribution in [3.63, 3.8) is 0 Å². The van der Waals surface area contributed by atoms with Crippen LogP contribution in [-0.2, 0) is 10.0 Å². The number of sulfonamides is 1. The summed E-state index contributed by atoms with van der Waals surface area (Å²) in [4.78, 5) is 4.18. The van der Waals surface area contributed by atoms with Crippen molar-refractivity contribution in [3.8, 4) is 0 Å². The van der Waals surface area contributed by atoms with Gasteiger partial charge in [-0.3, -0.25) is 0 Å². The van der Waals surface area contributed by atoms with Gasteiger partial charge in [-0.25, -0.2) is 18.1 Å². The molecule has 0 saturated carbocycles. The second kappa shape index (κ2) is 6.29. The van der Waals surface area contributed by atoms with E-state index in [1.54, 1.807) is 23.8 Å². The Labute approximate surface area is 100 Å². The van der Waals surface area contributed by atoms with Gasteiger partial charge in [-0.05, 0) is 13.8 Å². The number of nitrogens with one attached hydrogen (secondary N) is 2. The lowest BCUT2D eigenvalue weighted by atomic mass is 10.2. The highest BCUT2D eigenvalue weighted by Gasteiger charge is 2.07. The minimum atomic E-state index is -3.07. The molecule has 7 heteroatoms. The SMILES string of the molecule is CCS(=O)(=O)NCCNC(C)c1cscn1. The zero-order valence-electron chi connectivity index (χ0n) is 9.43. The van der Waals surface area contributed by atoms with Gasteiger partial charge in [0, 0.05) is 24.5 Å². The van der Waals surface area contributed by atoms with Crippen LogP contribution in [-0.4, -0.2) is 32.2 Å². The van der Waals surface area contributed by atoms with Crippen molar-refractivity contribution < 1.29 is 8.42 Å². The van der Waals surface area contributed by atoms with Crippen LogP contribution >= 0.6 is 11.3 Å². The molecule has 0 aromatic carbocycles. The molecule has 0 amide bonds. The molecular weight excluding hydrogens is 246 g/mol. The Morgan fingerprint density at radius 2 is 2.25 bits per heavy atom. The fourth-order valence-electron chi connectivity index (χ4n) is 1.14. The summed E-state index contributed by atoms with van der Waals surface area (Å²) < 4.78 is 24.7. The van der Waals surface area contributed by atoms with Crippen molar-refractivity contribution in [1.29, 1.82) is 0 Å². The highest BCUT2D eigenvalue weighted by Crippen LogP contribution is 2.10. The number of rotatable bonds is 7. The molecule has 1 rings (SSSR count). The summed E-state index contributed by atoms with van der Waals surface area (Å²) in [5.41, 5.74) is 2.77. The Kier molecular flexibility index (Phi) is 5.33. The van der Waals surface area contributed by atoms with Crippen LogP contribution in [0, 0.1) is 0 Å². The zero-order valence-corrected chi connectivity index (χ0v) is 11.1. The van der Waals surface area contributed by atoms with Gasteiger partial charge in [-0.2, -0.15) is 0 Å². The second-order valence-corrected chi connectivity index (χ2v) is 6.20. The first kappa shape index (κ1) is 13.6. The molecule has 0 fully saturated rings. The Bertz CT molecular complexity index is 389. The number of aromatic nitrogens is 1. The Morgan fingerprint density at radius 1 is 1.50 bits per heavy atom. The van der Waals surface area contributed by atoms with E-state index in [1.165, 1.54) is 0 Å². The molecule has 0 aliphatic heterocycles. The van der Waals surface area contributed by atoms with Crippen molar-refractivity contribution in [1.82, 2.24) is 15.0 Å². The first-order chi connectivity index (χ1) is 7.55. The van der Waals surface area contributed by atoms with Crippen molar-refractivity contribution in [2.75, 3.05) is 18.8 Å². The highest BCUT2D eigenvalue weighted by molar-refractivity contribution is 7.89. The van der Waals surface area contributed by atoms with E-state index in [1.807, 2.05) is 12.3 Å². The lowest BCUT2D eigenvalue weighted by molar-refractivity contribution is 0.548. The Morgan fingerprint density at radius 3 is 2.81 bits per heavy atom. The molecule has 0 spiro atoms. The summed E-state index contributed by atoms with van der Waals surface area (Å²) in [5, 5.41) is 5.18. The summed E-state index contributed by atoms with van der Waals surface area (Å²) in [5.74, 6) is 0.120. The predicted molar refractivity (Wildman–Crippen MR) is 66.0 cm³/mol. The molecule has 0 bridgehead atoms. The molecule has 16 heavy (non-hydrogen) atoms. The van der Waals surface area contributed by atoms with Crippen molar-refractivity contribution in [2.24, 2.45) is 0 Å². The van der Waals surface area contributed by atoms with Gasteiger partial charge < -0.3 is 5.32 Å². The van der Waals surface area contributed by atoms with Crippen LogP contribution in [0.25, 0.3) is 0 Å². The average molecular weight is 263 g/mol. The molecule has 1 aromatic heterocycles. The van der Waals surface area contributed by atoms with Crippen LogP contribution in [0.3, 0.4) is 0 Å². The molecule has 0 radical (unpaired) electrons. The number of hydrogen-bond donors (Lipinski definition) is 2. The third kappa shape index (κ3) is 4.56. The zero-order chi connectivity index (χ0) is 12.0. The normalized spacial score (nSPS) is 13.9. The maximum atomic E-state index is 11.1. The first-order valence-corrected chi connectivity index (χ1v) is 7.73. The van der Waals surface area contributed by atoms with E-state index in [9.17, 15) is 8.42 Å². The summed E-state index contributed by atoms with van der Waals surface area (Å²) in [6, 6.07) is 0.150. The van der Waals surface area contributed by atoms with Gasteiger partial charge in [0.15, 0.2) is 0 Å². The van der Waals surface area contributed by atoms with E-state index in [-0.39, 0.29) is 11.8 Å². The molecular formula is C9H17N3O2S2. The number of thiazole rings is 1. The van der Waals surface area contributed by atoms with Gasteiger partial charge in [-0.15, -0.1) is 11.3 Å². The van der Waals surface area contributed by atoms with Crippen molar-refractivity contribution in [3.05, 3.63) is 16.6 Å². The molecule has 0 aliphatic carbocycles. The molecule has 2 N–H and O–H groups in total. The van der Waals surface area contributed by atoms with Gasteiger partial charge in [-0.1, -0.05) is 0 Å². The number of nitrogens with zero attached hydrogens (tertiary/aromatic N) is 1. The van der Waals surface area contributed by atoms with E-state index in [4.69, 9.17) is 0 Å². The lowest BCUT2D eigenvalue weighted by Crippen LogP contribution is -2.33. The fraction of sp³-hybridized carbons (Fsp3) is 0.667. The Balaban J connectivity index is 2.22. The number of hydrogen-bond acceptors (Lipinski definition) is 5. The average Bonchev–Trinajstić information content (AvgIpc) is 2.77. The van der Waals surface area contributed by atoms with Crippen molar-refractivity contribution >= 4 is 21.4 Å². The molecule has 5 nitrogen and oxygen atoms in total. The third-order valence-corrected chi connectivity index (χ3v) is 4.18. The lowest BCUT2D eigenvalue weighted by Gasteiger charge is -2.11. The molecule has 92 valence electrons. The molecule has 1 atom stereocenters. The molecule has 1 heterocycles. The Hall–Kier alpha value is -0.500. The summed E-state index contributed by atoms with van der Waals surface area (Å²) in [6.45, 7) is 4.62. The largest absolute Gasteiger partial charge is 0.308 e. The topological polar surface area (TPSA) is 71.1 Å². The molecule has 1 unspecified atom stereocenters. The van der Waals surface area contributed by atoms with Gasteiger partial charge in [0.2, 0.25) is 10.0 Å². The van der Waals surface area contributed by atoms with Gasteiger partial charge >= 0.3 is 0 Å². The van der Waals surface area contributed by atoms with Crippen LogP contribution < -0.4 is 10.0 Å². The van der Waals surface area contributed by atoms with Gasteiger partial charge in [0.05, 0.1) is 17.0 Å². The predicted octanol–water partition coefficient (Wildman–Crippen LogP) is 0.733. The van der Waals surface area contributed by atoms with E-state index in [0.29, 0.717) is 13.1 Å². The summed E-state index contributed by atoms with van der Waals surface area (Å²) in [7, 11) is -3.07. The van der Waals surface area contributed by atoms with E-state index >= 15 is 0 Å². The van der Waals surface area contributed by atoms with Crippen LogP contribution in [0.1, 0.15) is 25.6 Å². The second-order valence-electron chi connectivity index (χ2n) is 3.39. The first-order valence-electron chi connectivity index (χ1n) is 5.14. The summed E-state index contributed by atoms with van der Waals surface area (Å²) in [6.07, 6.45) is 0. The van der Waals surface area contributed by atoms with Crippen LogP contribution in [0.2, 0.25) is 0 Å². The van der Waals surface area contributed by atoms with Crippen LogP contribution in [0.5, 0.6) is 0 Å². The maximum absolute atomic E-state index is 11.1. The quantitative estimate of drug-likeness (QED) is 0.712. The molecule has 1 aromatic rings. The van der Waals surface area contributed by atoms with Crippen molar-refractivity contribution in [2.45, 2.75) is 19.9 Å². The minimum absolute atomic E-state index is 0.120. The van der Waals surface area contributed by atoms with E-state index < -0.39 is 10.0 Å². The minimum Gasteiger partial charge on any atom is -0.308 e. The maximum Gasteiger partial charge on any atom is 0.211 e. The van der Waals surface area contributed by atoms with Gasteiger partial charge in [0.1, 0.15) is 0 Å². The molecule has 0 aliphatic rings. The fourth-order valence-corrected chi connectivity index (χ4v) is 2.40. The monoisotopic (exact) mass is 263 g/mol. The summed E-state index contributed by atoms with van der Waals surface area (Å²) >= 11 is 1.55.